The molecule has 6 rings (SSSR count). The summed E-state index contributed by atoms with van der Waals surface area (Å²) in [6.07, 6.45) is 0. The van der Waals surface area contributed by atoms with Gasteiger partial charge in [0, 0.05) is 88.1 Å². The van der Waals surface area contributed by atoms with E-state index in [-0.39, 0.29) is 332 Å². The summed E-state index contributed by atoms with van der Waals surface area (Å²) in [5.41, 5.74) is 7.22. The van der Waals surface area contributed by atoms with Crippen molar-refractivity contribution in [1.29, 1.82) is 0 Å². The molecule has 0 aromatic heterocycles. The van der Waals surface area contributed by atoms with Crippen LogP contribution in [0.25, 0.3) is 0 Å². The Hall–Kier alpha value is 3.40. The molecule has 481 valence electrons. The van der Waals surface area contributed by atoms with Crippen molar-refractivity contribution in [3.8, 4) is 0 Å². The van der Waals surface area contributed by atoms with E-state index in [0.29, 0.717) is 0 Å². The van der Waals surface area contributed by atoms with Crippen LogP contribution < -0.4 is 34.0 Å². The summed E-state index contributed by atoms with van der Waals surface area (Å²) in [7, 11) is -12.0. The summed E-state index contributed by atoms with van der Waals surface area (Å²) in [4.78, 5) is 4.78. The minimum absolute atomic E-state index is 0. The van der Waals surface area contributed by atoms with Crippen molar-refractivity contribution in [2.75, 3.05) is 10.7 Å². The van der Waals surface area contributed by atoms with Gasteiger partial charge in [0.2, 0.25) is 0 Å². The molecule has 83 heavy (non-hydrogen) atoms. The normalized spacial score (nSPS) is 7.59. The number of alkyl halides is 4. The second kappa shape index (κ2) is 102. The van der Waals surface area contributed by atoms with E-state index in [2.05, 4.69) is 119 Å². The fourth-order valence-corrected chi connectivity index (χ4v) is 4.95. The first-order valence-corrected chi connectivity index (χ1v) is 19.9. The third-order valence-electron chi connectivity index (χ3n) is 7.00. The van der Waals surface area contributed by atoms with Gasteiger partial charge in [-0.25, -0.2) is 0 Å². The third kappa shape index (κ3) is 104. The van der Waals surface area contributed by atoms with Crippen molar-refractivity contribution in [3.05, 3.63) is 304 Å². The first-order valence-electron chi connectivity index (χ1n) is 17.8. The molecule has 0 saturated carbocycles. The van der Waals surface area contributed by atoms with Crippen LogP contribution in [0.1, 0.15) is 33.4 Å². The Morgan fingerprint density at radius 2 is 0.386 bits per heavy atom. The molecule has 6 aromatic rings. The van der Waals surface area contributed by atoms with E-state index in [4.69, 9.17) is 46.4 Å². The van der Waals surface area contributed by atoms with Crippen LogP contribution in [0.2, 0.25) is 0 Å². The van der Waals surface area contributed by atoms with Gasteiger partial charge in [-0.2, -0.15) is 182 Å². The molecule has 0 N–H and O–H groups in total. The molecule has 2 nitrogen and oxygen atoms in total. The van der Waals surface area contributed by atoms with Crippen LogP contribution in [0.4, 0.5) is 34.5 Å². The SMILES string of the molecule is ClCCl.ClCCl.F[B-](F)(F)F.F[B-](F)(F)F.[Br-].[Br-].[CH3-].[CH3-].[CH3-].[CH3-].[CH3-].[CH3-].[CH3-].[CH3-].[CH3-].[CH3-].[CH3-].[CH3-].[Cu+2].[Cu+2].[Cu+2].[Sb+3].[Sb+3].[Sb+3].[Sb+3].[Sb].[Sb].[c-]1ccccc1CN(Cc1[c-]cccc1)Cc1[c-]cccc1.[c-]1ccccc1CN(Cc1[c-]cccc1)Cc1[c-]cccc1. The van der Waals surface area contributed by atoms with Gasteiger partial charge in [-0.1, -0.05) is 0 Å². The molecule has 0 aliphatic rings. The predicted molar refractivity (Wildman–Crippen MR) is 343 cm³/mol. The van der Waals surface area contributed by atoms with Gasteiger partial charge in [0.1, 0.15) is 0 Å². The van der Waals surface area contributed by atoms with Crippen LogP contribution in [-0.2, 0) is 90.5 Å². The van der Waals surface area contributed by atoms with Gasteiger partial charge in [-0.3, -0.25) is 9.80 Å². The quantitative estimate of drug-likeness (QED) is 0.0522. The van der Waals surface area contributed by atoms with Gasteiger partial charge < -0.3 is 158 Å². The molecule has 0 amide bonds. The standard InChI is InChI=1S/2C21H18N.2CH2Cl2.12CH3.2BF4.2BrH.3Cu.6Sb/c2*1-4-10-19(11-5-1)16-22(17-20-12-6-2-7-13-20)18-21-14-8-3-9-15-21;2*2-1-3;;;;;;;;;;;;;2*2-1(3,4)5;;;;;;;;;;;/h2*1-10,12,14H,16-18H2;2*1H2;12*1H3;;;2*1H;;;;;;;;;/q2*-3;;;14*-1;;;3*+2;;;4*+3/p-2. The van der Waals surface area contributed by atoms with E-state index in [0.717, 1.165) is 39.3 Å². The molecule has 6 aromatic carbocycles. The molecular formula is C56H76B2Br2Cl4Cu3F8N2Sb6-4. The maximum atomic E-state index is 9.75. The van der Waals surface area contributed by atoms with Gasteiger partial charge in [0.25, 0.3) is 0 Å². The van der Waals surface area contributed by atoms with E-state index in [1.165, 1.54) is 33.4 Å². The van der Waals surface area contributed by atoms with E-state index in [9.17, 15) is 34.5 Å². The van der Waals surface area contributed by atoms with E-state index in [1.807, 2.05) is 72.8 Å². The van der Waals surface area contributed by atoms with Crippen LogP contribution in [-0.4, -0.2) is 182 Å². The fourth-order valence-electron chi connectivity index (χ4n) is 4.95. The molecule has 0 bridgehead atoms. The van der Waals surface area contributed by atoms with Crippen molar-refractivity contribution >= 4 is 207 Å². The number of hydrogen-bond acceptors (Lipinski definition) is 2. The van der Waals surface area contributed by atoms with Crippen LogP contribution in [0.5, 0.6) is 0 Å². The van der Waals surface area contributed by atoms with Crippen LogP contribution in [0, 0.1) is 126 Å². The molecule has 0 fully saturated rings. The number of benzene rings is 6. The van der Waals surface area contributed by atoms with E-state index in [1.54, 1.807) is 0 Å². The molecular weight excluding hydrogens is 2100 g/mol. The van der Waals surface area contributed by atoms with E-state index >= 15 is 0 Å². The molecule has 17 radical (unpaired) electrons. The topological polar surface area (TPSA) is 6.48 Å². The zero-order valence-electron chi connectivity index (χ0n) is 48.4. The molecule has 0 heterocycles. The predicted octanol–water partition coefficient (Wildman–Crippen LogP) is 11.1. The summed E-state index contributed by atoms with van der Waals surface area (Å²) in [6.45, 7) is 5.20. The third-order valence-corrected chi connectivity index (χ3v) is 7.00. The first kappa shape index (κ1) is 157. The summed E-state index contributed by atoms with van der Waals surface area (Å²) >= 11 is 19.1. The monoisotopic (exact) mass is 2160 g/mol. The Morgan fingerprint density at radius 1 is 0.289 bits per heavy atom. The number of nitrogens with zero attached hydrogens (tertiary/aromatic N) is 2. The molecule has 0 atom stereocenters. The molecule has 0 saturated heterocycles. The maximum Gasteiger partial charge on any atom is 3.00 e. The summed E-state index contributed by atoms with van der Waals surface area (Å²) in [5.74, 6) is 0. The average molecular weight is 2170 g/mol. The molecule has 0 spiro atoms. The average Bonchev–Trinajstić information content (AvgIpc) is 3.20. The second-order valence-electron chi connectivity index (χ2n) is 11.8. The van der Waals surface area contributed by atoms with Crippen molar-refractivity contribution in [2.24, 2.45) is 0 Å². The molecule has 27 heteroatoms. The minimum Gasteiger partial charge on any atom is -1.00 e. The Kier molecular flexibility index (Phi) is 192. The Labute approximate surface area is 681 Å². The molecule has 0 aliphatic carbocycles. The Balaban J connectivity index is -0.0000000268. The summed E-state index contributed by atoms with van der Waals surface area (Å²) in [6, 6.07) is 68.8. The second-order valence-corrected chi connectivity index (χ2v) is 13.4. The minimum atomic E-state index is -6.00. The number of halogens is 14. The van der Waals surface area contributed by atoms with Crippen LogP contribution in [0.3, 0.4) is 0 Å². The smallest absolute Gasteiger partial charge is 1.00 e. The van der Waals surface area contributed by atoms with Gasteiger partial charge in [-0.15, -0.1) is 79.8 Å². The van der Waals surface area contributed by atoms with Gasteiger partial charge in [0.15, 0.2) is 0 Å². The molecule has 0 aliphatic heterocycles. The zero-order chi connectivity index (χ0) is 44.5. The fraction of sp³-hybridized carbons (Fsp3) is 0.143. The Morgan fingerprint density at radius 3 is 0.458 bits per heavy atom. The summed E-state index contributed by atoms with van der Waals surface area (Å²) < 4.78 is 78.0. The van der Waals surface area contributed by atoms with Crippen LogP contribution >= 0.6 is 46.4 Å². The van der Waals surface area contributed by atoms with E-state index < -0.39 is 14.5 Å². The first-order chi connectivity index (χ1) is 28.6. The summed E-state index contributed by atoms with van der Waals surface area (Å²) in [5, 5.41) is 0.389. The van der Waals surface area contributed by atoms with Crippen LogP contribution in [0.15, 0.2) is 146 Å². The van der Waals surface area contributed by atoms with Crippen molar-refractivity contribution in [2.45, 2.75) is 39.3 Å². The van der Waals surface area contributed by atoms with Crippen molar-refractivity contribution in [1.82, 2.24) is 9.80 Å². The zero-order valence-corrected chi connectivity index (χ0v) is 72.8. The largest absolute Gasteiger partial charge is 3.00 e. The van der Waals surface area contributed by atoms with Crippen molar-refractivity contribution < 1.29 is 120 Å². The van der Waals surface area contributed by atoms with Gasteiger partial charge >= 0.3 is 163 Å². The Bertz CT molecular complexity index is 1580. The molecule has 0 unspecified atom stereocenters. The number of rotatable bonds is 12. The van der Waals surface area contributed by atoms with Gasteiger partial charge in [0.05, 0.1) is 10.7 Å². The number of hydrogen-bond donors (Lipinski definition) is 0. The van der Waals surface area contributed by atoms with Crippen molar-refractivity contribution in [3.63, 3.8) is 0 Å². The maximum absolute atomic E-state index is 9.75. The van der Waals surface area contributed by atoms with Gasteiger partial charge in [-0.05, 0) is 0 Å².